The molecule has 0 saturated heterocycles. The van der Waals surface area contributed by atoms with Crippen molar-refractivity contribution in [3.05, 3.63) is 23.8 Å². The second-order valence-corrected chi connectivity index (χ2v) is 2.14. The van der Waals surface area contributed by atoms with Gasteiger partial charge in [0, 0.05) is 6.42 Å². The van der Waals surface area contributed by atoms with Gasteiger partial charge in [0.25, 0.3) is 0 Å². The van der Waals surface area contributed by atoms with Gasteiger partial charge in [0.1, 0.15) is 0 Å². The van der Waals surface area contributed by atoms with Gasteiger partial charge in [-0.1, -0.05) is 37.1 Å². The molecule has 0 saturated carbocycles. The molecule has 0 atom stereocenters. The van der Waals surface area contributed by atoms with Crippen LogP contribution in [0.2, 0.25) is 0 Å². The normalized spacial score (nSPS) is 10.3. The molecule has 0 radical (unpaired) electrons. The Morgan fingerprint density at radius 1 is 1.45 bits per heavy atom. The zero-order valence-electron chi connectivity index (χ0n) is 6.94. The van der Waals surface area contributed by atoms with Crippen molar-refractivity contribution in [1.82, 2.24) is 0 Å². The van der Waals surface area contributed by atoms with E-state index in [2.05, 4.69) is 24.8 Å². The molecule has 0 rings (SSSR count). The third-order valence-corrected chi connectivity index (χ3v) is 1.12. The highest BCUT2D eigenvalue weighted by molar-refractivity contribution is 5.16. The van der Waals surface area contributed by atoms with Crippen LogP contribution in [0.25, 0.3) is 0 Å². The summed E-state index contributed by atoms with van der Waals surface area (Å²) in [7, 11) is 0. The number of allylic oxidation sites excluding steroid dienone is 4. The summed E-state index contributed by atoms with van der Waals surface area (Å²) < 4.78 is 0. The molecule has 0 N–H and O–H groups in total. The maximum atomic E-state index is 3.00. The number of hydrogen-bond acceptors (Lipinski definition) is 0. The van der Waals surface area contributed by atoms with Crippen LogP contribution in [0.1, 0.15) is 34.6 Å². The van der Waals surface area contributed by atoms with Gasteiger partial charge in [-0.15, -0.1) is 5.92 Å². The Balaban J connectivity index is 0. The smallest absolute Gasteiger partial charge is 0.0299 e. The highest BCUT2D eigenvalue weighted by Crippen LogP contribution is 1.97. The zero-order valence-corrected chi connectivity index (χ0v) is 6.94. The summed E-state index contributed by atoms with van der Waals surface area (Å²) in [6, 6.07) is 0. The molecular formula is C11H18. The first-order chi connectivity index (χ1) is 4.81. The molecule has 0 heterocycles. The van der Waals surface area contributed by atoms with Gasteiger partial charge in [-0.3, -0.25) is 0 Å². The fourth-order valence-corrected chi connectivity index (χ4v) is 0.547. The fraction of sp³-hybridized carbons (Fsp3) is 0.455. The Morgan fingerprint density at radius 2 is 2.09 bits per heavy atom. The average Bonchev–Trinajstić information content (AvgIpc) is 1.97. The van der Waals surface area contributed by atoms with Gasteiger partial charge in [0.05, 0.1) is 0 Å². The molecule has 62 valence electrons. The van der Waals surface area contributed by atoms with Crippen molar-refractivity contribution in [1.29, 1.82) is 0 Å². The van der Waals surface area contributed by atoms with E-state index in [1.165, 1.54) is 5.57 Å². The van der Waals surface area contributed by atoms with E-state index in [9.17, 15) is 0 Å². The van der Waals surface area contributed by atoms with Crippen LogP contribution in [0, 0.1) is 11.8 Å². The molecule has 0 nitrogen and oxygen atoms in total. The van der Waals surface area contributed by atoms with Crippen LogP contribution in [-0.2, 0) is 0 Å². The van der Waals surface area contributed by atoms with E-state index in [0.29, 0.717) is 0 Å². The molecule has 0 aromatic rings. The molecule has 0 fully saturated rings. The first kappa shape index (κ1) is 12.7. The van der Waals surface area contributed by atoms with E-state index in [-0.39, 0.29) is 7.43 Å². The maximum absolute atomic E-state index is 3.00. The minimum atomic E-state index is 0. The van der Waals surface area contributed by atoms with Gasteiger partial charge in [0.2, 0.25) is 0 Å². The molecule has 0 heteroatoms. The lowest BCUT2D eigenvalue weighted by atomic mass is 10.2. The molecule has 0 aliphatic heterocycles. The highest BCUT2D eigenvalue weighted by Gasteiger charge is 1.79. The van der Waals surface area contributed by atoms with Crippen LogP contribution >= 0.6 is 0 Å². The minimum absolute atomic E-state index is 0. The highest BCUT2D eigenvalue weighted by atomic mass is 13.8. The standard InChI is InChI=1S/C10H14.CH4/c1-4-6-8-10(3)9-7-5-2;/h4,6,8H,9H2,1-3H3;1H4/b6-4-,10-8-;. The van der Waals surface area contributed by atoms with Gasteiger partial charge in [-0.2, -0.15) is 0 Å². The predicted molar refractivity (Wildman–Crippen MR) is 53.4 cm³/mol. The first-order valence-corrected chi connectivity index (χ1v) is 3.49. The predicted octanol–water partition coefficient (Wildman–Crippen LogP) is 3.56. The molecule has 0 spiro atoms. The summed E-state index contributed by atoms with van der Waals surface area (Å²) in [4.78, 5) is 0. The Kier molecular flexibility index (Phi) is 10.4. The number of hydrogen-bond donors (Lipinski definition) is 0. The van der Waals surface area contributed by atoms with Crippen LogP contribution in [0.4, 0.5) is 0 Å². The monoisotopic (exact) mass is 150 g/mol. The summed E-state index contributed by atoms with van der Waals surface area (Å²) in [6.07, 6.45) is 7.03. The van der Waals surface area contributed by atoms with Gasteiger partial charge in [-0.25, -0.2) is 0 Å². The van der Waals surface area contributed by atoms with Crippen molar-refractivity contribution in [2.75, 3.05) is 0 Å². The largest absolute Gasteiger partial charge is 0.106 e. The van der Waals surface area contributed by atoms with Crippen LogP contribution in [-0.4, -0.2) is 0 Å². The first-order valence-electron chi connectivity index (χ1n) is 3.49. The van der Waals surface area contributed by atoms with Crippen molar-refractivity contribution in [2.24, 2.45) is 0 Å². The Morgan fingerprint density at radius 3 is 2.55 bits per heavy atom. The Labute approximate surface area is 71.0 Å². The molecule has 0 aliphatic carbocycles. The second-order valence-electron chi connectivity index (χ2n) is 2.14. The zero-order chi connectivity index (χ0) is 7.82. The third-order valence-electron chi connectivity index (χ3n) is 1.12. The molecule has 0 aromatic heterocycles. The van der Waals surface area contributed by atoms with E-state index < -0.39 is 0 Å². The Bertz CT molecular complexity index is 184. The van der Waals surface area contributed by atoms with Gasteiger partial charge < -0.3 is 0 Å². The number of rotatable bonds is 2. The lowest BCUT2D eigenvalue weighted by Crippen LogP contribution is -1.70. The van der Waals surface area contributed by atoms with Crippen molar-refractivity contribution in [3.63, 3.8) is 0 Å². The van der Waals surface area contributed by atoms with Crippen LogP contribution in [0.3, 0.4) is 0 Å². The lowest BCUT2D eigenvalue weighted by molar-refractivity contribution is 1.25. The van der Waals surface area contributed by atoms with Gasteiger partial charge in [0.15, 0.2) is 0 Å². The van der Waals surface area contributed by atoms with Crippen LogP contribution < -0.4 is 0 Å². The molecular weight excluding hydrogens is 132 g/mol. The Hall–Kier alpha value is -0.960. The molecule has 0 bridgehead atoms. The van der Waals surface area contributed by atoms with E-state index in [0.717, 1.165) is 6.42 Å². The van der Waals surface area contributed by atoms with E-state index in [1.807, 2.05) is 26.0 Å². The molecule has 0 amide bonds. The molecule has 11 heavy (non-hydrogen) atoms. The minimum Gasteiger partial charge on any atom is -0.106 e. The quantitative estimate of drug-likeness (QED) is 0.417. The SMILES string of the molecule is C.CC#CC/C(C)=C\C=C/C. The van der Waals surface area contributed by atoms with Gasteiger partial charge >= 0.3 is 0 Å². The van der Waals surface area contributed by atoms with Crippen molar-refractivity contribution in [2.45, 2.75) is 34.6 Å². The topological polar surface area (TPSA) is 0 Å². The summed E-state index contributed by atoms with van der Waals surface area (Å²) in [5.41, 5.74) is 1.31. The molecule has 0 aromatic carbocycles. The maximum Gasteiger partial charge on any atom is 0.0299 e. The summed E-state index contributed by atoms with van der Waals surface area (Å²) >= 11 is 0. The fourth-order valence-electron chi connectivity index (χ4n) is 0.547. The van der Waals surface area contributed by atoms with E-state index >= 15 is 0 Å². The third kappa shape index (κ3) is 9.04. The summed E-state index contributed by atoms with van der Waals surface area (Å²) in [5, 5.41) is 0. The van der Waals surface area contributed by atoms with Crippen molar-refractivity contribution < 1.29 is 0 Å². The van der Waals surface area contributed by atoms with E-state index in [4.69, 9.17) is 0 Å². The van der Waals surface area contributed by atoms with Gasteiger partial charge in [-0.05, 0) is 20.8 Å². The molecule has 0 unspecified atom stereocenters. The van der Waals surface area contributed by atoms with Crippen LogP contribution in [0.5, 0.6) is 0 Å². The van der Waals surface area contributed by atoms with E-state index in [1.54, 1.807) is 0 Å². The summed E-state index contributed by atoms with van der Waals surface area (Å²) in [6.45, 7) is 5.96. The lowest BCUT2D eigenvalue weighted by Gasteiger charge is -1.87. The van der Waals surface area contributed by atoms with Crippen LogP contribution in [0.15, 0.2) is 23.8 Å². The summed E-state index contributed by atoms with van der Waals surface area (Å²) in [5.74, 6) is 5.86. The van der Waals surface area contributed by atoms with Crippen molar-refractivity contribution >= 4 is 0 Å². The average molecular weight is 150 g/mol. The van der Waals surface area contributed by atoms with Crippen molar-refractivity contribution in [3.8, 4) is 11.8 Å². The molecule has 0 aliphatic rings. The second kappa shape index (κ2) is 9.04.